The molecule has 12 heteroatoms. The van der Waals surface area contributed by atoms with Gasteiger partial charge in [-0.15, -0.1) is 0 Å². The molecule has 0 aliphatic carbocycles. The number of piperazine rings is 1. The Hall–Kier alpha value is -4.27. The lowest BCUT2D eigenvalue weighted by Gasteiger charge is -2.37. The van der Waals surface area contributed by atoms with Gasteiger partial charge in [0.2, 0.25) is 5.95 Å². The number of hydrogen-bond acceptors (Lipinski definition) is 10. The van der Waals surface area contributed by atoms with E-state index in [0.717, 1.165) is 22.4 Å². The van der Waals surface area contributed by atoms with E-state index in [2.05, 4.69) is 26.3 Å². The molecule has 190 valence electrons. The van der Waals surface area contributed by atoms with Crippen molar-refractivity contribution in [3.63, 3.8) is 0 Å². The average Bonchev–Trinajstić information content (AvgIpc) is 3.17. The van der Waals surface area contributed by atoms with Gasteiger partial charge in [-0.1, -0.05) is 0 Å². The first-order valence-electron chi connectivity index (χ1n) is 11.8. The van der Waals surface area contributed by atoms with Gasteiger partial charge in [0.05, 0.1) is 28.5 Å². The predicted molar refractivity (Wildman–Crippen MR) is 138 cm³/mol. The molecule has 0 radical (unpaired) electrons. The maximum atomic E-state index is 12.5. The zero-order valence-electron chi connectivity index (χ0n) is 21.2. The minimum absolute atomic E-state index is 0.0182. The highest BCUT2D eigenvalue weighted by Crippen LogP contribution is 2.32. The van der Waals surface area contributed by atoms with E-state index in [-0.39, 0.29) is 35.3 Å². The number of carbonyl (C=O) groups excluding carboxylic acids is 1. The van der Waals surface area contributed by atoms with Gasteiger partial charge >= 0.3 is 6.09 Å². The van der Waals surface area contributed by atoms with E-state index in [1.807, 2.05) is 57.6 Å². The van der Waals surface area contributed by atoms with Gasteiger partial charge in [0.25, 0.3) is 0 Å². The first-order chi connectivity index (χ1) is 17.0. The van der Waals surface area contributed by atoms with Crippen LogP contribution in [0.5, 0.6) is 0 Å². The lowest BCUT2D eigenvalue weighted by Crippen LogP contribution is -2.50. The van der Waals surface area contributed by atoms with Crippen LogP contribution in [-0.4, -0.2) is 62.3 Å². The number of rotatable bonds is 4. The Kier molecular flexibility index (Phi) is 6.49. The topological polar surface area (TPSA) is 164 Å². The molecule has 0 saturated carbocycles. The molecule has 0 bridgehead atoms. The molecule has 1 fully saturated rings. The van der Waals surface area contributed by atoms with Crippen LogP contribution in [0.4, 0.5) is 28.1 Å². The Bertz CT molecular complexity index is 1330. The van der Waals surface area contributed by atoms with E-state index >= 15 is 0 Å². The molecule has 3 aromatic heterocycles. The van der Waals surface area contributed by atoms with Crippen LogP contribution in [-0.2, 0) is 11.8 Å². The van der Waals surface area contributed by atoms with Crippen molar-refractivity contribution in [2.75, 3.05) is 47.9 Å². The third-order valence-electron chi connectivity index (χ3n) is 5.98. The lowest BCUT2D eigenvalue weighted by molar-refractivity contribution is 0.0240. The minimum atomic E-state index is -0.542. The SMILES string of the molecule is C[C@H](Nc1nc(N)nc(N)c1C#N)c1nc2ccn(C)c2cc1N1CCN(C(=O)OC(C)(C)C)CC1. The van der Waals surface area contributed by atoms with E-state index in [9.17, 15) is 10.1 Å². The fourth-order valence-corrected chi connectivity index (χ4v) is 4.20. The Morgan fingerprint density at radius 3 is 2.53 bits per heavy atom. The van der Waals surface area contributed by atoms with Gasteiger partial charge in [0.1, 0.15) is 23.1 Å². The molecule has 0 aromatic carbocycles. The zero-order chi connectivity index (χ0) is 26.2. The van der Waals surface area contributed by atoms with Crippen molar-refractivity contribution in [3.8, 4) is 6.07 Å². The van der Waals surface area contributed by atoms with Crippen LogP contribution >= 0.6 is 0 Å². The van der Waals surface area contributed by atoms with Crippen molar-refractivity contribution in [1.29, 1.82) is 5.26 Å². The second kappa shape index (κ2) is 9.41. The quantitative estimate of drug-likeness (QED) is 0.493. The summed E-state index contributed by atoms with van der Waals surface area (Å²) >= 11 is 0. The van der Waals surface area contributed by atoms with Crippen molar-refractivity contribution >= 4 is 40.4 Å². The number of hydrogen-bond donors (Lipinski definition) is 3. The van der Waals surface area contributed by atoms with Crippen LogP contribution in [0.1, 0.15) is 45.0 Å². The molecule has 1 amide bonds. The summed E-state index contributed by atoms with van der Waals surface area (Å²) in [6.45, 7) is 9.81. The monoisotopic (exact) mass is 492 g/mol. The van der Waals surface area contributed by atoms with Gasteiger partial charge in [0, 0.05) is 39.4 Å². The number of pyridine rings is 1. The van der Waals surface area contributed by atoms with Crippen LogP contribution < -0.4 is 21.7 Å². The van der Waals surface area contributed by atoms with Crippen molar-refractivity contribution < 1.29 is 9.53 Å². The molecule has 1 aliphatic rings. The highest BCUT2D eigenvalue weighted by molar-refractivity contribution is 5.81. The summed E-state index contributed by atoms with van der Waals surface area (Å²) < 4.78 is 7.55. The Morgan fingerprint density at radius 2 is 1.89 bits per heavy atom. The first-order valence-corrected chi connectivity index (χ1v) is 11.8. The average molecular weight is 493 g/mol. The standard InChI is InChI=1S/C24H32N10O2/c1-14(28-21-15(13-25)20(26)30-22(27)31-21)19-18(12-17-16(29-19)6-7-32(17)5)33-8-10-34(11-9-33)23(35)36-24(2,3)4/h6-7,12,14H,8-11H2,1-5H3,(H5,26,27,28,30,31)/t14-/m0/s1. The van der Waals surface area contributed by atoms with Gasteiger partial charge in [-0.05, 0) is 39.8 Å². The zero-order valence-corrected chi connectivity index (χ0v) is 21.2. The molecule has 1 aliphatic heterocycles. The summed E-state index contributed by atoms with van der Waals surface area (Å²) in [7, 11) is 1.97. The molecule has 5 N–H and O–H groups in total. The Balaban J connectivity index is 1.64. The molecule has 3 aromatic rings. The smallest absolute Gasteiger partial charge is 0.410 e. The van der Waals surface area contributed by atoms with Crippen molar-refractivity contribution in [2.45, 2.75) is 39.3 Å². The lowest BCUT2D eigenvalue weighted by atomic mass is 10.1. The molecule has 1 atom stereocenters. The highest BCUT2D eigenvalue weighted by Gasteiger charge is 2.28. The number of nitrogen functional groups attached to an aromatic ring is 2. The van der Waals surface area contributed by atoms with Gasteiger partial charge < -0.3 is 35.9 Å². The number of fused-ring (bicyclic) bond motifs is 1. The maximum Gasteiger partial charge on any atom is 0.410 e. The van der Waals surface area contributed by atoms with Crippen LogP contribution in [0, 0.1) is 11.3 Å². The number of amides is 1. The molecule has 0 unspecified atom stereocenters. The number of nitrogens with two attached hydrogens (primary N) is 2. The van der Waals surface area contributed by atoms with Gasteiger partial charge in [-0.25, -0.2) is 9.78 Å². The number of ether oxygens (including phenoxy) is 1. The summed E-state index contributed by atoms with van der Waals surface area (Å²) in [5, 5.41) is 12.8. The van der Waals surface area contributed by atoms with Crippen LogP contribution in [0.15, 0.2) is 18.3 Å². The number of carbonyl (C=O) groups is 1. The molecular formula is C24H32N10O2. The number of aromatic nitrogens is 4. The van der Waals surface area contributed by atoms with Crippen molar-refractivity contribution in [3.05, 3.63) is 29.6 Å². The number of nitriles is 1. The normalized spacial score (nSPS) is 15.0. The second-order valence-corrected chi connectivity index (χ2v) is 9.85. The van der Waals surface area contributed by atoms with E-state index in [4.69, 9.17) is 21.2 Å². The van der Waals surface area contributed by atoms with Crippen LogP contribution in [0.2, 0.25) is 0 Å². The molecule has 4 heterocycles. The van der Waals surface area contributed by atoms with Crippen LogP contribution in [0.25, 0.3) is 11.0 Å². The first kappa shape index (κ1) is 24.8. The van der Waals surface area contributed by atoms with Gasteiger partial charge in [-0.3, -0.25) is 0 Å². The summed E-state index contributed by atoms with van der Waals surface area (Å²) in [6.07, 6.45) is 1.65. The summed E-state index contributed by atoms with van der Waals surface area (Å²) in [4.78, 5) is 29.5. The Labute approximate surface area is 209 Å². The molecule has 4 rings (SSSR count). The number of nitrogens with zero attached hydrogens (tertiary/aromatic N) is 7. The largest absolute Gasteiger partial charge is 0.444 e. The minimum Gasteiger partial charge on any atom is -0.444 e. The van der Waals surface area contributed by atoms with E-state index in [1.54, 1.807) is 4.90 Å². The van der Waals surface area contributed by atoms with E-state index < -0.39 is 5.60 Å². The summed E-state index contributed by atoms with van der Waals surface area (Å²) in [5.74, 6) is 0.251. The molecule has 12 nitrogen and oxygen atoms in total. The van der Waals surface area contributed by atoms with E-state index in [0.29, 0.717) is 26.2 Å². The van der Waals surface area contributed by atoms with Gasteiger partial charge in [-0.2, -0.15) is 15.2 Å². The molecule has 0 spiro atoms. The Morgan fingerprint density at radius 1 is 1.19 bits per heavy atom. The fourth-order valence-electron chi connectivity index (χ4n) is 4.20. The third kappa shape index (κ3) is 5.05. The fraction of sp³-hybridized carbons (Fsp3) is 0.458. The summed E-state index contributed by atoms with van der Waals surface area (Å²) in [5.41, 5.74) is 14.8. The number of nitrogens with one attached hydrogen (secondary N) is 1. The van der Waals surface area contributed by atoms with E-state index in [1.165, 1.54) is 0 Å². The van der Waals surface area contributed by atoms with Crippen LogP contribution in [0.3, 0.4) is 0 Å². The second-order valence-electron chi connectivity index (χ2n) is 9.85. The molecular weight excluding hydrogens is 460 g/mol. The van der Waals surface area contributed by atoms with Crippen molar-refractivity contribution in [2.24, 2.45) is 7.05 Å². The highest BCUT2D eigenvalue weighted by atomic mass is 16.6. The summed E-state index contributed by atoms with van der Waals surface area (Å²) in [6, 6.07) is 5.76. The number of aryl methyl sites for hydroxylation is 1. The molecule has 1 saturated heterocycles. The predicted octanol–water partition coefficient (Wildman–Crippen LogP) is 2.63. The maximum absolute atomic E-state index is 12.5. The number of anilines is 4. The molecule has 36 heavy (non-hydrogen) atoms. The van der Waals surface area contributed by atoms with Gasteiger partial charge in [0.15, 0.2) is 5.82 Å². The van der Waals surface area contributed by atoms with Crippen molar-refractivity contribution in [1.82, 2.24) is 24.4 Å². The third-order valence-corrected chi connectivity index (χ3v) is 5.98.